The number of hydrogen-bond acceptors (Lipinski definition) is 2. The van der Waals surface area contributed by atoms with Gasteiger partial charge in [-0.2, -0.15) is 0 Å². The van der Waals surface area contributed by atoms with E-state index < -0.39 is 0 Å². The molecule has 2 nitrogen and oxygen atoms in total. The highest BCUT2D eigenvalue weighted by molar-refractivity contribution is 5.20. The summed E-state index contributed by atoms with van der Waals surface area (Å²) in [5.74, 6) is 0.793. The second-order valence-corrected chi connectivity index (χ2v) is 6.52. The van der Waals surface area contributed by atoms with E-state index in [1.54, 1.807) is 5.56 Å². The van der Waals surface area contributed by atoms with Crippen LogP contribution in [0.3, 0.4) is 0 Å². The fourth-order valence-corrected chi connectivity index (χ4v) is 4.05. The molecule has 0 radical (unpaired) electrons. The molecule has 0 spiro atoms. The summed E-state index contributed by atoms with van der Waals surface area (Å²) in [5, 5.41) is 3.44. The van der Waals surface area contributed by atoms with Crippen molar-refractivity contribution in [3.05, 3.63) is 35.9 Å². The van der Waals surface area contributed by atoms with Gasteiger partial charge in [-0.3, -0.25) is 0 Å². The van der Waals surface area contributed by atoms with Crippen molar-refractivity contribution in [1.82, 2.24) is 10.2 Å². The first-order valence-corrected chi connectivity index (χ1v) is 8.33. The molecule has 0 aromatic heterocycles. The molecule has 20 heavy (non-hydrogen) atoms. The third kappa shape index (κ3) is 3.24. The molecule has 110 valence electrons. The van der Waals surface area contributed by atoms with Crippen molar-refractivity contribution < 1.29 is 0 Å². The maximum atomic E-state index is 3.44. The summed E-state index contributed by atoms with van der Waals surface area (Å²) in [4.78, 5) is 2.77. The maximum Gasteiger partial charge on any atom is 0.00964 e. The molecule has 1 saturated heterocycles. The van der Waals surface area contributed by atoms with Crippen LogP contribution in [0.4, 0.5) is 0 Å². The molecule has 1 aliphatic heterocycles. The minimum absolute atomic E-state index is 0.771. The molecule has 0 amide bonds. The van der Waals surface area contributed by atoms with Gasteiger partial charge in [0.1, 0.15) is 0 Å². The van der Waals surface area contributed by atoms with E-state index in [1.807, 2.05) is 0 Å². The predicted molar refractivity (Wildman–Crippen MR) is 85.1 cm³/mol. The van der Waals surface area contributed by atoms with Crippen molar-refractivity contribution in [2.75, 3.05) is 20.1 Å². The molecule has 1 N–H and O–H groups in total. The van der Waals surface area contributed by atoms with Crippen LogP contribution in [-0.4, -0.2) is 37.1 Å². The van der Waals surface area contributed by atoms with Gasteiger partial charge in [-0.15, -0.1) is 0 Å². The average Bonchev–Trinajstić information content (AvgIpc) is 2.56. The van der Waals surface area contributed by atoms with Crippen molar-refractivity contribution in [3.8, 4) is 0 Å². The SMILES string of the molecule is CNC1CCC(N2CCC(c3ccccc3)CC2)CC1. The maximum absolute atomic E-state index is 3.44. The third-order valence-electron chi connectivity index (χ3n) is 5.42. The largest absolute Gasteiger partial charge is 0.317 e. The zero-order chi connectivity index (χ0) is 13.8. The van der Waals surface area contributed by atoms with Crippen molar-refractivity contribution in [1.29, 1.82) is 0 Å². The van der Waals surface area contributed by atoms with Crippen LogP contribution in [0.2, 0.25) is 0 Å². The van der Waals surface area contributed by atoms with Gasteiger partial charge in [-0.1, -0.05) is 30.3 Å². The molecule has 1 aromatic carbocycles. The van der Waals surface area contributed by atoms with Gasteiger partial charge in [-0.25, -0.2) is 0 Å². The molecule has 0 bridgehead atoms. The molecule has 2 aliphatic rings. The van der Waals surface area contributed by atoms with Crippen molar-refractivity contribution >= 4 is 0 Å². The predicted octanol–water partition coefficient (Wildman–Crippen LogP) is 3.40. The second-order valence-electron chi connectivity index (χ2n) is 6.52. The Balaban J connectivity index is 1.49. The van der Waals surface area contributed by atoms with Crippen molar-refractivity contribution in [2.24, 2.45) is 0 Å². The van der Waals surface area contributed by atoms with E-state index in [4.69, 9.17) is 0 Å². The summed E-state index contributed by atoms with van der Waals surface area (Å²) in [7, 11) is 2.11. The summed E-state index contributed by atoms with van der Waals surface area (Å²) in [5.41, 5.74) is 1.55. The molecule has 1 aliphatic carbocycles. The standard InChI is InChI=1S/C18H28N2/c1-19-17-7-9-18(10-8-17)20-13-11-16(12-14-20)15-5-3-2-4-6-15/h2-6,16-19H,7-14H2,1H3. The van der Waals surface area contributed by atoms with Crippen LogP contribution in [0.5, 0.6) is 0 Å². The van der Waals surface area contributed by atoms with Crippen LogP contribution in [0.1, 0.15) is 50.0 Å². The lowest BCUT2D eigenvalue weighted by molar-refractivity contribution is 0.114. The van der Waals surface area contributed by atoms with E-state index in [0.717, 1.165) is 18.0 Å². The molecule has 2 fully saturated rings. The Labute approximate surface area is 123 Å². The summed E-state index contributed by atoms with van der Waals surface area (Å²) in [6, 6.07) is 12.7. The summed E-state index contributed by atoms with van der Waals surface area (Å²) in [6.07, 6.45) is 8.19. The number of likely N-dealkylation sites (tertiary alicyclic amines) is 1. The van der Waals surface area contributed by atoms with Gasteiger partial charge >= 0.3 is 0 Å². The van der Waals surface area contributed by atoms with Crippen LogP contribution >= 0.6 is 0 Å². The fourth-order valence-electron chi connectivity index (χ4n) is 4.05. The first-order chi connectivity index (χ1) is 9.86. The Kier molecular flexibility index (Phi) is 4.74. The molecule has 2 heteroatoms. The lowest BCUT2D eigenvalue weighted by Crippen LogP contribution is -2.44. The first-order valence-electron chi connectivity index (χ1n) is 8.33. The van der Waals surface area contributed by atoms with Crippen LogP contribution in [-0.2, 0) is 0 Å². The fraction of sp³-hybridized carbons (Fsp3) is 0.667. The summed E-state index contributed by atoms with van der Waals surface area (Å²) >= 11 is 0. The van der Waals surface area contributed by atoms with Gasteiger partial charge in [0, 0.05) is 12.1 Å². The Morgan fingerprint density at radius 3 is 2.15 bits per heavy atom. The molecular weight excluding hydrogens is 244 g/mol. The number of rotatable bonds is 3. The molecular formula is C18H28N2. The van der Waals surface area contributed by atoms with Crippen LogP contribution in [0, 0.1) is 0 Å². The van der Waals surface area contributed by atoms with Gasteiger partial charge in [0.15, 0.2) is 0 Å². The Morgan fingerprint density at radius 2 is 1.55 bits per heavy atom. The zero-order valence-electron chi connectivity index (χ0n) is 12.7. The minimum Gasteiger partial charge on any atom is -0.317 e. The van der Waals surface area contributed by atoms with E-state index >= 15 is 0 Å². The highest BCUT2D eigenvalue weighted by Crippen LogP contribution is 2.31. The number of nitrogens with zero attached hydrogens (tertiary/aromatic N) is 1. The average molecular weight is 272 g/mol. The minimum atomic E-state index is 0.771. The monoisotopic (exact) mass is 272 g/mol. The van der Waals surface area contributed by atoms with Crippen LogP contribution in [0.15, 0.2) is 30.3 Å². The van der Waals surface area contributed by atoms with Crippen molar-refractivity contribution in [2.45, 2.75) is 56.5 Å². The zero-order valence-corrected chi connectivity index (χ0v) is 12.7. The molecule has 1 heterocycles. The highest BCUT2D eigenvalue weighted by atomic mass is 15.2. The quantitative estimate of drug-likeness (QED) is 0.907. The van der Waals surface area contributed by atoms with E-state index in [9.17, 15) is 0 Å². The number of nitrogens with one attached hydrogen (secondary N) is 1. The van der Waals surface area contributed by atoms with E-state index in [-0.39, 0.29) is 0 Å². The number of piperidine rings is 1. The topological polar surface area (TPSA) is 15.3 Å². The van der Waals surface area contributed by atoms with Crippen LogP contribution in [0.25, 0.3) is 0 Å². The molecule has 0 atom stereocenters. The lowest BCUT2D eigenvalue weighted by Gasteiger charge is -2.41. The molecule has 1 aromatic rings. The smallest absolute Gasteiger partial charge is 0.00964 e. The second kappa shape index (κ2) is 6.73. The number of hydrogen-bond donors (Lipinski definition) is 1. The van der Waals surface area contributed by atoms with Gasteiger partial charge in [0.25, 0.3) is 0 Å². The normalized spacial score (nSPS) is 29.4. The van der Waals surface area contributed by atoms with Crippen LogP contribution < -0.4 is 5.32 Å². The van der Waals surface area contributed by atoms with Gasteiger partial charge < -0.3 is 10.2 Å². The summed E-state index contributed by atoms with van der Waals surface area (Å²) in [6.45, 7) is 2.60. The highest BCUT2D eigenvalue weighted by Gasteiger charge is 2.28. The van der Waals surface area contributed by atoms with Crippen molar-refractivity contribution in [3.63, 3.8) is 0 Å². The van der Waals surface area contributed by atoms with E-state index in [0.29, 0.717) is 0 Å². The third-order valence-corrected chi connectivity index (χ3v) is 5.42. The van der Waals surface area contributed by atoms with Gasteiger partial charge in [-0.05, 0) is 70.1 Å². The number of benzene rings is 1. The van der Waals surface area contributed by atoms with E-state index in [2.05, 4.69) is 47.6 Å². The lowest BCUT2D eigenvalue weighted by atomic mass is 9.85. The Hall–Kier alpha value is -0.860. The molecule has 1 saturated carbocycles. The van der Waals surface area contributed by atoms with E-state index in [1.165, 1.54) is 51.6 Å². The molecule has 0 unspecified atom stereocenters. The van der Waals surface area contributed by atoms with Gasteiger partial charge in [0.2, 0.25) is 0 Å². The van der Waals surface area contributed by atoms with Gasteiger partial charge in [0.05, 0.1) is 0 Å². The Morgan fingerprint density at radius 1 is 0.900 bits per heavy atom. The first kappa shape index (κ1) is 14.1. The Bertz CT molecular complexity index is 387. The molecule has 3 rings (SSSR count). The summed E-state index contributed by atoms with van der Waals surface area (Å²) < 4.78 is 0.